The van der Waals surface area contributed by atoms with Gasteiger partial charge in [-0.15, -0.1) is 12.4 Å². The summed E-state index contributed by atoms with van der Waals surface area (Å²) in [5.41, 5.74) is 2.42. The first-order chi connectivity index (χ1) is 13.1. The number of Topliss-reactive ketones (excluding diaryl/α,β-unsaturated/α-hetero) is 1. The number of fused-ring (bicyclic) bond motifs is 1. The van der Waals surface area contributed by atoms with Crippen molar-refractivity contribution in [2.24, 2.45) is 0 Å². The van der Waals surface area contributed by atoms with Gasteiger partial charge in [-0.2, -0.15) is 11.3 Å². The Kier molecular flexibility index (Phi) is 6.82. The lowest BCUT2D eigenvalue weighted by Gasteiger charge is -2.34. The molecule has 1 aliphatic heterocycles. The maximum absolute atomic E-state index is 13.8. The molecule has 2 aliphatic rings. The number of benzene rings is 1. The van der Waals surface area contributed by atoms with Crippen LogP contribution >= 0.6 is 23.7 Å². The molecule has 1 N–H and O–H groups in total. The Hall–Kier alpha value is -1.80. The molecular weight excluding hydrogens is 401 g/mol. The molecule has 1 unspecified atom stereocenters. The summed E-state index contributed by atoms with van der Waals surface area (Å²) in [6.45, 7) is 4.08. The monoisotopic (exact) mass is 423 g/mol. The molecule has 1 aromatic carbocycles. The molecule has 1 aliphatic carbocycles. The molecule has 1 fully saturated rings. The van der Waals surface area contributed by atoms with Crippen LogP contribution in [0.15, 0.2) is 35.0 Å². The van der Waals surface area contributed by atoms with E-state index in [-0.39, 0.29) is 36.0 Å². The zero-order chi connectivity index (χ0) is 18.8. The van der Waals surface area contributed by atoms with Crippen molar-refractivity contribution >= 4 is 35.4 Å². The minimum absolute atomic E-state index is 0. The van der Waals surface area contributed by atoms with Crippen molar-refractivity contribution in [1.82, 2.24) is 15.1 Å². The lowest BCUT2D eigenvalue weighted by Crippen LogP contribution is -2.49. The zero-order valence-corrected chi connectivity index (χ0v) is 17.0. The normalized spacial score (nSPS) is 19.9. The lowest BCUT2D eigenvalue weighted by molar-refractivity contribution is -0.123. The van der Waals surface area contributed by atoms with Gasteiger partial charge in [0, 0.05) is 55.7 Å². The van der Waals surface area contributed by atoms with Crippen molar-refractivity contribution in [3.05, 3.63) is 57.5 Å². The number of carbonyl (C=O) groups excluding carboxylic acids is 2. The molecule has 5 nitrogen and oxygen atoms in total. The van der Waals surface area contributed by atoms with Gasteiger partial charge in [-0.05, 0) is 17.0 Å². The van der Waals surface area contributed by atoms with Crippen LogP contribution in [0.4, 0.5) is 4.39 Å². The third-order valence-corrected chi connectivity index (χ3v) is 6.04. The van der Waals surface area contributed by atoms with Gasteiger partial charge in [0.1, 0.15) is 5.82 Å². The van der Waals surface area contributed by atoms with Crippen molar-refractivity contribution in [2.75, 3.05) is 32.7 Å². The van der Waals surface area contributed by atoms with E-state index in [4.69, 9.17) is 0 Å². The molecule has 1 atom stereocenters. The van der Waals surface area contributed by atoms with E-state index in [2.05, 4.69) is 15.1 Å². The summed E-state index contributed by atoms with van der Waals surface area (Å²) < 4.78 is 13.8. The van der Waals surface area contributed by atoms with Crippen LogP contribution in [0.1, 0.15) is 33.9 Å². The highest BCUT2D eigenvalue weighted by Crippen LogP contribution is 2.33. The quantitative estimate of drug-likeness (QED) is 0.803. The van der Waals surface area contributed by atoms with Crippen LogP contribution in [0, 0.1) is 5.82 Å². The summed E-state index contributed by atoms with van der Waals surface area (Å²) in [5.74, 6) is -0.106. The zero-order valence-electron chi connectivity index (χ0n) is 15.4. The molecule has 8 heteroatoms. The molecule has 4 rings (SSSR count). The molecule has 0 bridgehead atoms. The maximum atomic E-state index is 13.8. The predicted molar refractivity (Wildman–Crippen MR) is 110 cm³/mol. The average Bonchev–Trinajstić information content (AvgIpc) is 3.24. The topological polar surface area (TPSA) is 52.7 Å². The maximum Gasteiger partial charge on any atom is 0.234 e. The summed E-state index contributed by atoms with van der Waals surface area (Å²) in [7, 11) is 0. The fourth-order valence-electron chi connectivity index (χ4n) is 3.75. The fraction of sp³-hybridized carbons (Fsp3) is 0.400. The van der Waals surface area contributed by atoms with Gasteiger partial charge in [0.15, 0.2) is 5.78 Å². The largest absolute Gasteiger partial charge is 0.348 e. The van der Waals surface area contributed by atoms with Crippen molar-refractivity contribution < 1.29 is 14.0 Å². The van der Waals surface area contributed by atoms with E-state index in [1.165, 1.54) is 17.4 Å². The number of ketones is 1. The van der Waals surface area contributed by atoms with Crippen molar-refractivity contribution in [3.63, 3.8) is 0 Å². The van der Waals surface area contributed by atoms with Gasteiger partial charge in [0.25, 0.3) is 0 Å². The van der Waals surface area contributed by atoms with Crippen LogP contribution in [-0.2, 0) is 11.3 Å². The van der Waals surface area contributed by atoms with Gasteiger partial charge in [0.2, 0.25) is 5.91 Å². The highest BCUT2D eigenvalue weighted by atomic mass is 35.5. The summed E-state index contributed by atoms with van der Waals surface area (Å²) in [4.78, 5) is 28.6. The number of thiophene rings is 1. The molecule has 150 valence electrons. The minimum atomic E-state index is -0.186. The first kappa shape index (κ1) is 20.9. The lowest BCUT2D eigenvalue weighted by atomic mass is 10.1. The smallest absolute Gasteiger partial charge is 0.234 e. The van der Waals surface area contributed by atoms with Gasteiger partial charge < -0.3 is 5.32 Å². The van der Waals surface area contributed by atoms with E-state index < -0.39 is 0 Å². The Bertz CT molecular complexity index is 851. The Morgan fingerprint density at radius 2 is 1.86 bits per heavy atom. The van der Waals surface area contributed by atoms with E-state index in [1.807, 2.05) is 22.9 Å². The predicted octanol–water partition coefficient (Wildman–Crippen LogP) is 2.87. The number of nitrogens with zero attached hydrogens (tertiary/aromatic N) is 2. The number of carbonyl (C=O) groups is 2. The summed E-state index contributed by atoms with van der Waals surface area (Å²) >= 11 is 1.50. The molecule has 1 amide bonds. The first-order valence-electron chi connectivity index (χ1n) is 9.17. The Morgan fingerprint density at radius 1 is 1.14 bits per heavy atom. The van der Waals surface area contributed by atoms with E-state index in [9.17, 15) is 14.0 Å². The van der Waals surface area contributed by atoms with E-state index >= 15 is 0 Å². The molecule has 1 aromatic heterocycles. The number of rotatable bonds is 5. The number of hydrogen-bond acceptors (Lipinski definition) is 5. The van der Waals surface area contributed by atoms with Gasteiger partial charge in [0.05, 0.1) is 12.6 Å². The van der Waals surface area contributed by atoms with Gasteiger partial charge >= 0.3 is 0 Å². The second-order valence-corrected chi connectivity index (χ2v) is 7.88. The highest BCUT2D eigenvalue weighted by molar-refractivity contribution is 7.08. The number of nitrogens with one attached hydrogen (secondary N) is 1. The van der Waals surface area contributed by atoms with Crippen LogP contribution < -0.4 is 5.32 Å². The van der Waals surface area contributed by atoms with Crippen LogP contribution in [0.5, 0.6) is 0 Å². The number of halogens is 2. The van der Waals surface area contributed by atoms with Crippen LogP contribution in [0.25, 0.3) is 0 Å². The van der Waals surface area contributed by atoms with Crippen molar-refractivity contribution in [3.8, 4) is 0 Å². The van der Waals surface area contributed by atoms with Crippen LogP contribution in [-0.4, -0.2) is 54.2 Å². The van der Waals surface area contributed by atoms with Gasteiger partial charge in [-0.1, -0.05) is 18.2 Å². The van der Waals surface area contributed by atoms with Gasteiger partial charge in [-0.25, -0.2) is 4.39 Å². The SMILES string of the molecule is Cl.O=C(CN1CCN(Cc2ccccc2F)CC1)NC1CC(=O)c2cscc21. The molecule has 1 saturated heterocycles. The molecule has 2 aromatic rings. The van der Waals surface area contributed by atoms with Crippen molar-refractivity contribution in [2.45, 2.75) is 19.0 Å². The molecule has 28 heavy (non-hydrogen) atoms. The molecule has 2 heterocycles. The molecular formula is C20H23ClFN3O2S. The second-order valence-electron chi connectivity index (χ2n) is 7.13. The summed E-state index contributed by atoms with van der Waals surface area (Å²) in [6, 6.07) is 6.67. The van der Waals surface area contributed by atoms with Crippen LogP contribution in [0.3, 0.4) is 0 Å². The number of amides is 1. The Balaban J connectivity index is 0.00000225. The third kappa shape index (κ3) is 4.60. The standard InChI is InChI=1S/C20H22FN3O2S.ClH/c21-17-4-2-1-3-14(17)10-23-5-7-24(8-6-23)11-20(26)22-18-9-19(25)16-13-27-12-15(16)18;/h1-4,12-13,18H,5-11H2,(H,22,26);1H. The fourth-order valence-corrected chi connectivity index (χ4v) is 4.66. The number of hydrogen-bond donors (Lipinski definition) is 1. The molecule has 0 radical (unpaired) electrons. The number of piperazine rings is 1. The third-order valence-electron chi connectivity index (χ3n) is 5.28. The van der Waals surface area contributed by atoms with E-state index in [1.54, 1.807) is 6.07 Å². The van der Waals surface area contributed by atoms with E-state index in [0.29, 0.717) is 25.1 Å². The van der Waals surface area contributed by atoms with Gasteiger partial charge in [-0.3, -0.25) is 19.4 Å². The summed E-state index contributed by atoms with van der Waals surface area (Å²) in [5, 5.41) is 6.81. The van der Waals surface area contributed by atoms with E-state index in [0.717, 1.165) is 37.3 Å². The second kappa shape index (κ2) is 9.13. The summed E-state index contributed by atoms with van der Waals surface area (Å²) in [6.07, 6.45) is 0.361. The Labute approximate surface area is 173 Å². The highest BCUT2D eigenvalue weighted by Gasteiger charge is 2.31. The first-order valence-corrected chi connectivity index (χ1v) is 10.1. The van der Waals surface area contributed by atoms with Crippen molar-refractivity contribution in [1.29, 1.82) is 0 Å². The van der Waals surface area contributed by atoms with Crippen LogP contribution in [0.2, 0.25) is 0 Å². The molecule has 0 saturated carbocycles. The average molecular weight is 424 g/mol. The Morgan fingerprint density at radius 3 is 2.61 bits per heavy atom. The molecule has 0 spiro atoms. The minimum Gasteiger partial charge on any atom is -0.348 e.